The highest BCUT2D eigenvalue weighted by molar-refractivity contribution is 5.76. The van der Waals surface area contributed by atoms with Gasteiger partial charge in [0.25, 0.3) is 0 Å². The molecule has 2 rings (SSSR count). The maximum atomic E-state index is 12.0. The number of carbonyl (C=O) groups excluding carboxylic acids is 1. The SMILES string of the molecule is CC(C)c1ccc(OCCC(=O)NC2CCC(C(=O)O)CC2)cc1. The Morgan fingerprint density at radius 2 is 1.79 bits per heavy atom. The molecule has 0 radical (unpaired) electrons. The first-order valence-electron chi connectivity index (χ1n) is 8.70. The van der Waals surface area contributed by atoms with Gasteiger partial charge in [0, 0.05) is 6.04 Å². The van der Waals surface area contributed by atoms with E-state index in [1.54, 1.807) is 0 Å². The molecular weight excluding hydrogens is 306 g/mol. The van der Waals surface area contributed by atoms with Gasteiger partial charge in [-0.3, -0.25) is 9.59 Å². The Morgan fingerprint density at radius 1 is 1.17 bits per heavy atom. The zero-order chi connectivity index (χ0) is 17.5. The van der Waals surface area contributed by atoms with Gasteiger partial charge in [0.15, 0.2) is 0 Å². The van der Waals surface area contributed by atoms with Crippen LogP contribution in [0.1, 0.15) is 57.4 Å². The molecule has 1 aliphatic rings. The standard InChI is InChI=1S/C19H27NO4/c1-13(2)14-5-9-17(10-6-14)24-12-11-18(21)20-16-7-3-15(4-8-16)19(22)23/h5-6,9-10,13,15-16H,3-4,7-8,11-12H2,1-2H3,(H,20,21)(H,22,23). The van der Waals surface area contributed by atoms with Crippen LogP contribution in [0, 0.1) is 5.92 Å². The first-order valence-corrected chi connectivity index (χ1v) is 8.70. The normalized spacial score (nSPS) is 20.6. The summed E-state index contributed by atoms with van der Waals surface area (Å²) in [7, 11) is 0. The van der Waals surface area contributed by atoms with E-state index in [1.165, 1.54) is 5.56 Å². The fraction of sp³-hybridized carbons (Fsp3) is 0.579. The predicted octanol–water partition coefficient (Wildman–Crippen LogP) is 3.34. The second kappa shape index (κ2) is 8.71. The molecule has 1 saturated carbocycles. The van der Waals surface area contributed by atoms with E-state index in [1.807, 2.05) is 24.3 Å². The molecule has 0 atom stereocenters. The molecule has 1 amide bonds. The summed E-state index contributed by atoms with van der Waals surface area (Å²) in [6.45, 7) is 4.63. The molecule has 0 aromatic heterocycles. The van der Waals surface area contributed by atoms with Crippen molar-refractivity contribution in [2.45, 2.75) is 57.9 Å². The minimum atomic E-state index is -0.725. The Labute approximate surface area is 143 Å². The minimum Gasteiger partial charge on any atom is -0.493 e. The van der Waals surface area contributed by atoms with E-state index in [0.717, 1.165) is 18.6 Å². The number of carboxylic acids is 1. The van der Waals surface area contributed by atoms with Crippen molar-refractivity contribution in [2.24, 2.45) is 5.92 Å². The quantitative estimate of drug-likeness (QED) is 0.802. The van der Waals surface area contributed by atoms with Crippen molar-refractivity contribution in [1.29, 1.82) is 0 Å². The van der Waals surface area contributed by atoms with E-state index in [9.17, 15) is 9.59 Å². The summed E-state index contributed by atoms with van der Waals surface area (Å²) >= 11 is 0. The van der Waals surface area contributed by atoms with Crippen molar-refractivity contribution in [3.63, 3.8) is 0 Å². The third-order valence-electron chi connectivity index (χ3n) is 4.59. The van der Waals surface area contributed by atoms with Crippen molar-refractivity contribution < 1.29 is 19.4 Å². The van der Waals surface area contributed by atoms with Gasteiger partial charge in [-0.1, -0.05) is 26.0 Å². The van der Waals surface area contributed by atoms with Crippen molar-refractivity contribution in [3.8, 4) is 5.75 Å². The molecule has 5 nitrogen and oxygen atoms in total. The van der Waals surface area contributed by atoms with Crippen LogP contribution in [0.25, 0.3) is 0 Å². The van der Waals surface area contributed by atoms with Crippen LogP contribution >= 0.6 is 0 Å². The third kappa shape index (κ3) is 5.55. The maximum Gasteiger partial charge on any atom is 0.306 e. The molecule has 0 saturated heterocycles. The molecule has 5 heteroatoms. The molecule has 0 aliphatic heterocycles. The molecular formula is C19H27NO4. The van der Waals surface area contributed by atoms with Crippen LogP contribution < -0.4 is 10.1 Å². The number of hydrogen-bond donors (Lipinski definition) is 2. The van der Waals surface area contributed by atoms with E-state index < -0.39 is 5.97 Å². The molecule has 132 valence electrons. The van der Waals surface area contributed by atoms with E-state index in [2.05, 4.69) is 19.2 Å². The first kappa shape index (κ1) is 18.3. The number of aliphatic carboxylic acids is 1. The maximum absolute atomic E-state index is 12.0. The first-order chi connectivity index (χ1) is 11.5. The van der Waals surface area contributed by atoms with Gasteiger partial charge in [-0.2, -0.15) is 0 Å². The zero-order valence-electron chi connectivity index (χ0n) is 14.5. The van der Waals surface area contributed by atoms with E-state index in [0.29, 0.717) is 31.8 Å². The number of amides is 1. The van der Waals surface area contributed by atoms with Gasteiger partial charge >= 0.3 is 5.97 Å². The average molecular weight is 333 g/mol. The second-order valence-electron chi connectivity index (χ2n) is 6.78. The average Bonchev–Trinajstić information content (AvgIpc) is 2.55. The Morgan fingerprint density at radius 3 is 2.33 bits per heavy atom. The lowest BCUT2D eigenvalue weighted by Crippen LogP contribution is -2.39. The number of carboxylic acid groups (broad SMARTS) is 1. The summed E-state index contributed by atoms with van der Waals surface area (Å²) in [5.74, 6) is 0.245. The molecule has 1 aromatic rings. The summed E-state index contributed by atoms with van der Waals surface area (Å²) in [5.41, 5.74) is 1.26. The van der Waals surface area contributed by atoms with Crippen LogP contribution in [0.4, 0.5) is 0 Å². The lowest BCUT2D eigenvalue weighted by molar-refractivity contribution is -0.142. The molecule has 1 aromatic carbocycles. The summed E-state index contributed by atoms with van der Waals surface area (Å²) in [4.78, 5) is 22.9. The van der Waals surface area contributed by atoms with Crippen LogP contribution in [0.15, 0.2) is 24.3 Å². The van der Waals surface area contributed by atoms with Crippen LogP contribution in [0.3, 0.4) is 0 Å². The van der Waals surface area contributed by atoms with E-state index in [4.69, 9.17) is 9.84 Å². The summed E-state index contributed by atoms with van der Waals surface area (Å²) in [6.07, 6.45) is 3.06. The van der Waals surface area contributed by atoms with Gasteiger partial charge in [-0.05, 0) is 49.3 Å². The fourth-order valence-electron chi connectivity index (χ4n) is 3.00. The van der Waals surface area contributed by atoms with Gasteiger partial charge in [-0.15, -0.1) is 0 Å². The Bertz CT molecular complexity index is 545. The van der Waals surface area contributed by atoms with E-state index >= 15 is 0 Å². The zero-order valence-corrected chi connectivity index (χ0v) is 14.5. The van der Waals surface area contributed by atoms with Crippen LogP contribution in [0.2, 0.25) is 0 Å². The number of hydrogen-bond acceptors (Lipinski definition) is 3. The van der Waals surface area contributed by atoms with Crippen molar-refractivity contribution >= 4 is 11.9 Å². The van der Waals surface area contributed by atoms with Gasteiger partial charge in [0.05, 0.1) is 18.9 Å². The largest absolute Gasteiger partial charge is 0.493 e. The van der Waals surface area contributed by atoms with Crippen molar-refractivity contribution in [1.82, 2.24) is 5.32 Å². The highest BCUT2D eigenvalue weighted by Gasteiger charge is 2.26. The van der Waals surface area contributed by atoms with Crippen LogP contribution in [-0.4, -0.2) is 29.6 Å². The predicted molar refractivity (Wildman–Crippen MR) is 92.2 cm³/mol. The number of nitrogens with one attached hydrogen (secondary N) is 1. The van der Waals surface area contributed by atoms with Crippen molar-refractivity contribution in [3.05, 3.63) is 29.8 Å². The summed E-state index contributed by atoms with van der Waals surface area (Å²) < 4.78 is 5.61. The lowest BCUT2D eigenvalue weighted by atomic mass is 9.86. The van der Waals surface area contributed by atoms with Gasteiger partial charge in [0.2, 0.25) is 5.91 Å². The lowest BCUT2D eigenvalue weighted by Gasteiger charge is -2.26. The van der Waals surface area contributed by atoms with Crippen molar-refractivity contribution in [2.75, 3.05) is 6.61 Å². The molecule has 1 aliphatic carbocycles. The Balaban J connectivity index is 1.66. The Kier molecular flexibility index (Phi) is 6.64. The number of rotatable bonds is 7. The number of benzene rings is 1. The molecule has 2 N–H and O–H groups in total. The van der Waals surface area contributed by atoms with E-state index in [-0.39, 0.29) is 17.9 Å². The molecule has 0 heterocycles. The molecule has 24 heavy (non-hydrogen) atoms. The van der Waals surface area contributed by atoms with Gasteiger partial charge < -0.3 is 15.2 Å². The highest BCUT2D eigenvalue weighted by Crippen LogP contribution is 2.24. The van der Waals surface area contributed by atoms with Crippen LogP contribution in [0.5, 0.6) is 5.75 Å². The fourth-order valence-corrected chi connectivity index (χ4v) is 3.00. The third-order valence-corrected chi connectivity index (χ3v) is 4.59. The number of ether oxygens (including phenoxy) is 1. The molecule has 1 fully saturated rings. The minimum absolute atomic E-state index is 0.0347. The highest BCUT2D eigenvalue weighted by atomic mass is 16.5. The van der Waals surface area contributed by atoms with Gasteiger partial charge in [0.1, 0.15) is 5.75 Å². The summed E-state index contributed by atoms with van der Waals surface area (Å²) in [6, 6.07) is 8.04. The molecule has 0 bridgehead atoms. The Hall–Kier alpha value is -2.04. The summed E-state index contributed by atoms with van der Waals surface area (Å²) in [5, 5.41) is 12.0. The van der Waals surface area contributed by atoms with Crippen LogP contribution in [-0.2, 0) is 9.59 Å². The number of carbonyl (C=O) groups is 2. The monoisotopic (exact) mass is 333 g/mol. The van der Waals surface area contributed by atoms with Gasteiger partial charge in [-0.25, -0.2) is 0 Å². The second-order valence-corrected chi connectivity index (χ2v) is 6.78. The topological polar surface area (TPSA) is 75.6 Å². The molecule has 0 spiro atoms. The smallest absolute Gasteiger partial charge is 0.306 e. The molecule has 0 unspecified atom stereocenters.